The lowest BCUT2D eigenvalue weighted by atomic mass is 9.80. The van der Waals surface area contributed by atoms with Crippen molar-refractivity contribution in [3.63, 3.8) is 0 Å². The van der Waals surface area contributed by atoms with Crippen LogP contribution in [0.3, 0.4) is 0 Å². The molecule has 3 atom stereocenters. The van der Waals surface area contributed by atoms with Crippen molar-refractivity contribution < 1.29 is 15.3 Å². The Kier molecular flexibility index (Phi) is 20.2. The molecule has 0 aliphatic heterocycles. The largest absolute Gasteiger partial charge is 0.507 e. The molecule has 81 heavy (non-hydrogen) atoms. The first kappa shape index (κ1) is 61.5. The van der Waals surface area contributed by atoms with Crippen molar-refractivity contribution in [1.82, 2.24) is 14.0 Å². The van der Waals surface area contributed by atoms with Crippen molar-refractivity contribution in [2.75, 3.05) is 0 Å². The predicted octanol–water partition coefficient (Wildman–Crippen LogP) is 13.9. The lowest BCUT2D eigenvalue weighted by Gasteiger charge is -2.27. The van der Waals surface area contributed by atoms with E-state index in [2.05, 4.69) is 178 Å². The molecule has 3 unspecified atom stereocenters. The van der Waals surface area contributed by atoms with Gasteiger partial charge in [-0.2, -0.15) is 15.3 Å². The van der Waals surface area contributed by atoms with E-state index in [1.165, 1.54) is 32.6 Å². The first-order chi connectivity index (χ1) is 38.2. The van der Waals surface area contributed by atoms with Crippen LogP contribution in [0.4, 0.5) is 0 Å². The molecule has 0 aliphatic carbocycles. The van der Waals surface area contributed by atoms with E-state index in [1.807, 2.05) is 136 Å². The maximum Gasteiger partial charge on any atom is 0.127 e. The Labute approximate surface area is 487 Å². The topological polar surface area (TPSA) is 113 Å². The van der Waals surface area contributed by atoms with Gasteiger partial charge >= 0.3 is 0 Å². The number of nitrogens with zero attached hydrogens (tertiary/aromatic N) is 6. The molecule has 12 heteroatoms. The van der Waals surface area contributed by atoms with Gasteiger partial charge in [-0.25, -0.2) is 14.0 Å². The van der Waals surface area contributed by atoms with Crippen LogP contribution in [0.5, 0.6) is 17.2 Å². The predicted molar refractivity (Wildman–Crippen MR) is 353 cm³/mol. The molecule has 3 N–H and O–H groups in total. The molecular formula is C69H81N6O3P3. The Bertz CT molecular complexity index is 3520. The lowest BCUT2D eigenvalue weighted by molar-refractivity contribution is 0.449. The SMILES string of the molecule is CC(C)(C)c1cc(Pc2ccccc2/C=N/n2cccc2)c(O)c(C(C)(C)C)c1.Cc1cc(C(C)(C)C)cc(Pc2ccccc2/C=N/n2cccc2)c1O.Cc1cc(Pc2ccccc2/C=N/n2cccc2)c(O)c(C(C)(C)C)c1. The van der Waals surface area contributed by atoms with Crippen molar-refractivity contribution in [3.8, 4) is 17.2 Å². The fourth-order valence-corrected chi connectivity index (χ4v) is 12.6. The van der Waals surface area contributed by atoms with Gasteiger partial charge in [0, 0.05) is 80.9 Å². The summed E-state index contributed by atoms with van der Waals surface area (Å²) in [4.78, 5) is 0. The average Bonchev–Trinajstić information content (AvgIpc) is 4.38. The summed E-state index contributed by atoms with van der Waals surface area (Å²) in [6.07, 6.45) is 17.1. The van der Waals surface area contributed by atoms with E-state index in [4.69, 9.17) is 0 Å². The first-order valence-corrected chi connectivity index (χ1v) is 30.4. The van der Waals surface area contributed by atoms with E-state index < -0.39 is 0 Å². The van der Waals surface area contributed by atoms with Crippen LogP contribution in [0.25, 0.3) is 0 Å². The molecule has 0 saturated heterocycles. The van der Waals surface area contributed by atoms with Gasteiger partial charge in [-0.1, -0.05) is 200 Å². The van der Waals surface area contributed by atoms with Crippen LogP contribution in [0.15, 0.2) is 198 Å². The number of phenolic OH excluding ortho intramolecular Hbond substituents is 3. The van der Waals surface area contributed by atoms with Gasteiger partial charge in [-0.05, 0) is 128 Å². The molecule has 9 nitrogen and oxygen atoms in total. The molecule has 3 heterocycles. The van der Waals surface area contributed by atoms with Gasteiger partial charge in [0.1, 0.15) is 17.2 Å². The third-order valence-electron chi connectivity index (χ3n) is 13.5. The van der Waals surface area contributed by atoms with Crippen molar-refractivity contribution in [3.05, 3.63) is 233 Å². The van der Waals surface area contributed by atoms with E-state index >= 15 is 0 Å². The van der Waals surface area contributed by atoms with Gasteiger partial charge in [0.25, 0.3) is 0 Å². The third-order valence-corrected chi connectivity index (χ3v) is 17.6. The van der Waals surface area contributed by atoms with Crippen LogP contribution in [-0.2, 0) is 21.7 Å². The number of aromatic hydroxyl groups is 3. The fraction of sp³-hybridized carbons (Fsp3) is 0.261. The normalized spacial score (nSPS) is 12.7. The molecule has 3 aromatic heterocycles. The number of benzene rings is 6. The molecule has 0 spiro atoms. The van der Waals surface area contributed by atoms with Crippen LogP contribution < -0.4 is 31.8 Å². The van der Waals surface area contributed by atoms with Crippen molar-refractivity contribution in [1.29, 1.82) is 0 Å². The van der Waals surface area contributed by atoms with E-state index in [-0.39, 0.29) is 21.7 Å². The summed E-state index contributed by atoms with van der Waals surface area (Å²) in [6.45, 7) is 30.2. The fourth-order valence-electron chi connectivity index (χ4n) is 8.69. The lowest BCUT2D eigenvalue weighted by Crippen LogP contribution is -2.21. The number of aryl methyl sites for hydroxylation is 2. The monoisotopic (exact) mass is 1130 g/mol. The zero-order valence-electron chi connectivity index (χ0n) is 49.6. The summed E-state index contributed by atoms with van der Waals surface area (Å²) in [5.74, 6) is 1.23. The molecule has 9 rings (SSSR count). The first-order valence-electron chi connectivity index (χ1n) is 27.4. The molecule has 0 amide bonds. The minimum Gasteiger partial charge on any atom is -0.507 e. The highest BCUT2D eigenvalue weighted by atomic mass is 31.1. The van der Waals surface area contributed by atoms with Gasteiger partial charge in [0.15, 0.2) is 0 Å². The van der Waals surface area contributed by atoms with Crippen molar-refractivity contribution in [2.24, 2.45) is 15.3 Å². The Morgan fingerprint density at radius 1 is 0.346 bits per heavy atom. The molecule has 0 fully saturated rings. The minimum absolute atomic E-state index is 0.0162. The highest BCUT2D eigenvalue weighted by molar-refractivity contribution is 7.56. The second-order valence-corrected chi connectivity index (χ2v) is 28.4. The Morgan fingerprint density at radius 3 is 1.00 bits per heavy atom. The number of rotatable bonds is 12. The molecule has 0 aliphatic rings. The summed E-state index contributed by atoms with van der Waals surface area (Å²) < 4.78 is 5.35. The molecule has 0 saturated carbocycles. The highest BCUT2D eigenvalue weighted by Crippen LogP contribution is 2.37. The van der Waals surface area contributed by atoms with E-state index in [0.717, 1.165) is 49.3 Å². The summed E-state index contributed by atoms with van der Waals surface area (Å²) in [6, 6.07) is 49.1. The molecular weight excluding hydrogens is 1050 g/mol. The van der Waals surface area contributed by atoms with Crippen molar-refractivity contribution in [2.45, 2.75) is 119 Å². The standard InChI is InChI=1S/C25H31N2OP.2C22H25N2OP/c1-24(2,3)19-15-20(25(4,5)6)23(28)22(16-19)29-21-12-8-7-11-18(21)17-26-27-13-9-10-14-27;1-16-13-18(22(2,3)4)14-20(21(16)25)26-19-10-6-5-9-17(19)15-23-24-11-7-8-12-24;1-16-13-18(22(2,3)4)21(25)20(14-16)26-19-10-6-5-9-17(19)15-23-24-11-7-8-12-24/h7-17,28-29H,1-6H3;2*5-15,25-26H,1-4H3/b26-17+;2*23-15+. The minimum atomic E-state index is -0.125. The quantitative estimate of drug-likeness (QED) is 0.0837. The van der Waals surface area contributed by atoms with E-state index in [1.54, 1.807) is 14.0 Å². The van der Waals surface area contributed by atoms with Crippen LogP contribution in [-0.4, -0.2) is 48.0 Å². The highest BCUT2D eigenvalue weighted by Gasteiger charge is 2.26. The maximum atomic E-state index is 11.1. The molecule has 0 radical (unpaired) electrons. The van der Waals surface area contributed by atoms with Crippen molar-refractivity contribution >= 4 is 76.2 Å². The second-order valence-electron chi connectivity index (χ2n) is 24.4. The third kappa shape index (κ3) is 17.2. The second kappa shape index (κ2) is 26.6. The summed E-state index contributed by atoms with van der Waals surface area (Å²) in [5.41, 5.74) is 9.65. The van der Waals surface area contributed by atoms with Crippen LogP contribution in [0, 0.1) is 13.8 Å². The number of phenols is 3. The Hall–Kier alpha value is -7.14. The summed E-state index contributed by atoms with van der Waals surface area (Å²) >= 11 is 0. The smallest absolute Gasteiger partial charge is 0.127 e. The molecule has 420 valence electrons. The van der Waals surface area contributed by atoms with E-state index in [9.17, 15) is 15.3 Å². The van der Waals surface area contributed by atoms with Gasteiger partial charge < -0.3 is 15.3 Å². The average molecular weight is 1140 g/mol. The zero-order chi connectivity index (χ0) is 58.7. The molecule has 9 aromatic rings. The number of aromatic nitrogens is 3. The van der Waals surface area contributed by atoms with Gasteiger partial charge in [0.05, 0.1) is 18.6 Å². The number of hydrogen-bond donors (Lipinski definition) is 3. The van der Waals surface area contributed by atoms with Gasteiger partial charge in [0.2, 0.25) is 0 Å². The van der Waals surface area contributed by atoms with Crippen LogP contribution in [0.1, 0.15) is 133 Å². The molecule has 0 bridgehead atoms. The Balaban J connectivity index is 0.000000176. The summed E-state index contributed by atoms with van der Waals surface area (Å²) in [7, 11) is 1.09. The van der Waals surface area contributed by atoms with Gasteiger partial charge in [-0.15, -0.1) is 0 Å². The van der Waals surface area contributed by atoms with E-state index in [0.29, 0.717) is 43.0 Å². The molecule has 6 aromatic carbocycles. The zero-order valence-corrected chi connectivity index (χ0v) is 52.6. The van der Waals surface area contributed by atoms with Gasteiger partial charge in [-0.3, -0.25) is 0 Å². The summed E-state index contributed by atoms with van der Waals surface area (Å²) in [5, 5.41) is 52.5. The Morgan fingerprint density at radius 2 is 0.654 bits per heavy atom. The maximum absolute atomic E-state index is 11.1. The van der Waals surface area contributed by atoms with Crippen LogP contribution in [0.2, 0.25) is 0 Å². The van der Waals surface area contributed by atoms with Crippen LogP contribution >= 0.6 is 25.7 Å². The number of hydrogen-bond acceptors (Lipinski definition) is 6.